The molecule has 0 aliphatic carbocycles. The van der Waals surface area contributed by atoms with Crippen LogP contribution in [-0.2, 0) is 13.2 Å². The van der Waals surface area contributed by atoms with Crippen LogP contribution in [0.4, 0.5) is 5.82 Å². The summed E-state index contributed by atoms with van der Waals surface area (Å²) in [6, 6.07) is 19.8. The van der Waals surface area contributed by atoms with Crippen molar-refractivity contribution in [3.63, 3.8) is 0 Å². The molecule has 3 N–H and O–H groups in total. The second-order valence-electron chi connectivity index (χ2n) is 9.81. The molecule has 2 aliphatic rings. The highest BCUT2D eigenvalue weighted by Gasteiger charge is 2.41. The summed E-state index contributed by atoms with van der Waals surface area (Å²) in [5.41, 5.74) is 3.94. The van der Waals surface area contributed by atoms with Gasteiger partial charge in [-0.3, -0.25) is 9.59 Å². The summed E-state index contributed by atoms with van der Waals surface area (Å²) >= 11 is 0. The van der Waals surface area contributed by atoms with Gasteiger partial charge in [0, 0.05) is 36.4 Å². The first-order chi connectivity index (χ1) is 17.5. The Kier molecular flexibility index (Phi) is 7.00. The number of carbonyl (C=O) groups excluding carboxylic acids is 2. The number of anilines is 1. The minimum absolute atomic E-state index is 0.0298. The number of piperidine rings is 1. The maximum atomic E-state index is 12.9. The monoisotopic (exact) mass is 484 g/mol. The predicted molar refractivity (Wildman–Crippen MR) is 139 cm³/mol. The molecule has 5 rings (SSSR count). The van der Waals surface area contributed by atoms with Gasteiger partial charge in [-0.05, 0) is 67.5 Å². The summed E-state index contributed by atoms with van der Waals surface area (Å²) in [6.07, 6.45) is 5.54. The molecule has 7 nitrogen and oxygen atoms in total. The molecule has 3 heterocycles. The maximum absolute atomic E-state index is 12.9. The molecule has 1 unspecified atom stereocenters. The minimum Gasteiger partial charge on any atom is -0.392 e. The van der Waals surface area contributed by atoms with Crippen molar-refractivity contribution in [1.82, 2.24) is 15.6 Å². The topological polar surface area (TPSA) is 94.6 Å². The number of pyridine rings is 1. The fourth-order valence-corrected chi connectivity index (χ4v) is 5.56. The SMILES string of the molecule is Cc1cc(CO)ccc1C(=O)NC1C[C@H]2CC[C@@H](C1)N2c1ccc(C(=O)NCc2ccccc2)cn1. The lowest BCUT2D eigenvalue weighted by Crippen LogP contribution is -2.50. The molecular formula is C29H32N4O3. The first-order valence-electron chi connectivity index (χ1n) is 12.6. The fourth-order valence-electron chi connectivity index (χ4n) is 5.56. The van der Waals surface area contributed by atoms with E-state index in [0.29, 0.717) is 29.8 Å². The van der Waals surface area contributed by atoms with Crippen LogP contribution in [0, 0.1) is 6.92 Å². The van der Waals surface area contributed by atoms with Crippen LogP contribution in [0.2, 0.25) is 0 Å². The Hall–Kier alpha value is -3.71. The van der Waals surface area contributed by atoms with Crippen molar-refractivity contribution >= 4 is 17.6 Å². The molecule has 0 spiro atoms. The number of aliphatic hydroxyl groups excluding tert-OH is 1. The van der Waals surface area contributed by atoms with Gasteiger partial charge in [-0.25, -0.2) is 4.98 Å². The standard InChI is InChI=1S/C29H32N4O3/c1-19-13-21(18-34)7-11-26(19)29(36)32-23-14-24-9-10-25(15-23)33(24)27-12-8-22(17-30-27)28(35)31-16-20-5-3-2-4-6-20/h2-8,11-13,17,23-25,34H,9-10,14-16,18H2,1H3,(H,31,35)(H,32,36)/t23?,24-,25+. The highest BCUT2D eigenvalue weighted by atomic mass is 16.3. The Morgan fingerprint density at radius 1 is 0.972 bits per heavy atom. The number of fused-ring (bicyclic) bond motifs is 2. The number of rotatable bonds is 7. The van der Waals surface area contributed by atoms with Gasteiger partial charge in [-0.2, -0.15) is 0 Å². The van der Waals surface area contributed by atoms with Crippen molar-refractivity contribution in [2.24, 2.45) is 0 Å². The molecule has 2 saturated heterocycles. The maximum Gasteiger partial charge on any atom is 0.253 e. The third-order valence-electron chi connectivity index (χ3n) is 7.36. The zero-order chi connectivity index (χ0) is 25.1. The van der Waals surface area contributed by atoms with Crippen LogP contribution < -0.4 is 15.5 Å². The Morgan fingerprint density at radius 2 is 1.72 bits per heavy atom. The van der Waals surface area contributed by atoms with Gasteiger partial charge in [0.05, 0.1) is 12.2 Å². The number of aromatic nitrogens is 1. The first-order valence-corrected chi connectivity index (χ1v) is 12.6. The van der Waals surface area contributed by atoms with Gasteiger partial charge in [0.25, 0.3) is 11.8 Å². The fraction of sp³-hybridized carbons (Fsp3) is 0.345. The molecule has 2 aliphatic heterocycles. The van der Waals surface area contributed by atoms with Crippen LogP contribution in [0.15, 0.2) is 66.9 Å². The van der Waals surface area contributed by atoms with Gasteiger partial charge < -0.3 is 20.6 Å². The number of nitrogens with one attached hydrogen (secondary N) is 2. The number of amides is 2. The van der Waals surface area contributed by atoms with E-state index in [2.05, 4.69) is 20.5 Å². The third-order valence-corrected chi connectivity index (χ3v) is 7.36. The Labute approximate surface area is 211 Å². The number of aryl methyl sites for hydroxylation is 1. The molecule has 2 bridgehead atoms. The number of hydrogen-bond acceptors (Lipinski definition) is 5. The molecule has 3 aromatic rings. The average molecular weight is 485 g/mol. The molecule has 0 radical (unpaired) electrons. The highest BCUT2D eigenvalue weighted by molar-refractivity contribution is 5.96. The molecule has 2 aromatic carbocycles. The summed E-state index contributed by atoms with van der Waals surface area (Å²) in [5, 5.41) is 15.5. The Balaban J connectivity index is 1.19. The summed E-state index contributed by atoms with van der Waals surface area (Å²) in [7, 11) is 0. The van der Waals surface area contributed by atoms with Gasteiger partial charge in [-0.15, -0.1) is 0 Å². The van der Waals surface area contributed by atoms with E-state index in [1.54, 1.807) is 18.3 Å². The number of carbonyl (C=O) groups is 2. The average Bonchev–Trinajstić information content (AvgIpc) is 3.17. The van der Waals surface area contributed by atoms with Crippen molar-refractivity contribution in [1.29, 1.82) is 0 Å². The summed E-state index contributed by atoms with van der Waals surface area (Å²) in [6.45, 7) is 2.35. The van der Waals surface area contributed by atoms with Crippen molar-refractivity contribution in [2.45, 2.75) is 63.9 Å². The Bertz CT molecular complexity index is 1220. The van der Waals surface area contributed by atoms with E-state index in [-0.39, 0.29) is 24.5 Å². The number of nitrogens with zero attached hydrogens (tertiary/aromatic N) is 2. The Morgan fingerprint density at radius 3 is 2.36 bits per heavy atom. The summed E-state index contributed by atoms with van der Waals surface area (Å²) in [4.78, 5) is 32.5. The minimum atomic E-state index is -0.135. The second-order valence-corrected chi connectivity index (χ2v) is 9.81. The van der Waals surface area contributed by atoms with Crippen LogP contribution in [0.1, 0.15) is 63.1 Å². The van der Waals surface area contributed by atoms with E-state index in [1.165, 1.54) is 0 Å². The number of benzene rings is 2. The number of hydrogen-bond donors (Lipinski definition) is 3. The van der Waals surface area contributed by atoms with E-state index in [0.717, 1.165) is 48.2 Å². The first kappa shape index (κ1) is 24.0. The molecular weight excluding hydrogens is 452 g/mol. The van der Waals surface area contributed by atoms with Crippen molar-refractivity contribution in [3.05, 3.63) is 94.7 Å². The molecule has 3 atom stereocenters. The quantitative estimate of drug-likeness (QED) is 0.475. The molecule has 186 valence electrons. The normalized spacial score (nSPS) is 20.7. The molecule has 1 aromatic heterocycles. The van der Waals surface area contributed by atoms with Crippen LogP contribution in [0.25, 0.3) is 0 Å². The lowest BCUT2D eigenvalue weighted by Gasteiger charge is -2.40. The van der Waals surface area contributed by atoms with Gasteiger partial charge in [0.1, 0.15) is 5.82 Å². The largest absolute Gasteiger partial charge is 0.392 e. The van der Waals surface area contributed by atoms with Gasteiger partial charge in [-0.1, -0.05) is 42.5 Å². The molecule has 0 saturated carbocycles. The van der Waals surface area contributed by atoms with E-state index in [9.17, 15) is 14.7 Å². The summed E-state index contributed by atoms with van der Waals surface area (Å²) < 4.78 is 0. The van der Waals surface area contributed by atoms with Gasteiger partial charge in [0.15, 0.2) is 0 Å². The van der Waals surface area contributed by atoms with E-state index in [1.807, 2.05) is 55.5 Å². The van der Waals surface area contributed by atoms with Crippen LogP contribution in [0.3, 0.4) is 0 Å². The van der Waals surface area contributed by atoms with Crippen molar-refractivity contribution < 1.29 is 14.7 Å². The molecule has 2 amide bonds. The van der Waals surface area contributed by atoms with E-state index >= 15 is 0 Å². The van der Waals surface area contributed by atoms with Gasteiger partial charge >= 0.3 is 0 Å². The molecule has 7 heteroatoms. The predicted octanol–water partition coefficient (Wildman–Crippen LogP) is 3.74. The van der Waals surface area contributed by atoms with E-state index < -0.39 is 0 Å². The lowest BCUT2D eigenvalue weighted by atomic mass is 9.96. The summed E-state index contributed by atoms with van der Waals surface area (Å²) in [5.74, 6) is 0.700. The van der Waals surface area contributed by atoms with Crippen molar-refractivity contribution in [2.75, 3.05) is 4.90 Å². The van der Waals surface area contributed by atoms with Crippen LogP contribution in [0.5, 0.6) is 0 Å². The van der Waals surface area contributed by atoms with Crippen molar-refractivity contribution in [3.8, 4) is 0 Å². The highest BCUT2D eigenvalue weighted by Crippen LogP contribution is 2.38. The zero-order valence-corrected chi connectivity index (χ0v) is 20.5. The zero-order valence-electron chi connectivity index (χ0n) is 20.5. The van der Waals surface area contributed by atoms with Crippen LogP contribution >= 0.6 is 0 Å². The number of aliphatic hydroxyl groups is 1. The second kappa shape index (κ2) is 10.5. The molecule has 2 fully saturated rings. The molecule has 36 heavy (non-hydrogen) atoms. The van der Waals surface area contributed by atoms with E-state index in [4.69, 9.17) is 0 Å². The smallest absolute Gasteiger partial charge is 0.253 e. The van der Waals surface area contributed by atoms with Crippen LogP contribution in [-0.4, -0.2) is 40.0 Å². The lowest BCUT2D eigenvalue weighted by molar-refractivity contribution is 0.0924. The van der Waals surface area contributed by atoms with Gasteiger partial charge in [0.2, 0.25) is 0 Å². The third kappa shape index (κ3) is 5.11.